The summed E-state index contributed by atoms with van der Waals surface area (Å²) in [5.41, 5.74) is 2.10. The number of nitrogens with zero attached hydrogens (tertiary/aromatic N) is 3. The van der Waals surface area contributed by atoms with Crippen molar-refractivity contribution >= 4 is 58.0 Å². The SMILES string of the molecule is CN(C)CCNc1c2ccccc2nc2c([N+](=O)[O-])cccc12.Cl.Cl. The van der Waals surface area contributed by atoms with Gasteiger partial charge in [-0.25, -0.2) is 4.98 Å². The first-order valence-electron chi connectivity index (χ1n) is 7.42. The van der Waals surface area contributed by atoms with Gasteiger partial charge in [0.15, 0.2) is 5.52 Å². The molecule has 0 fully saturated rings. The summed E-state index contributed by atoms with van der Waals surface area (Å²) >= 11 is 0. The van der Waals surface area contributed by atoms with E-state index in [2.05, 4.69) is 15.2 Å². The first-order chi connectivity index (χ1) is 11.1. The second kappa shape index (κ2) is 8.80. The normalized spacial score (nSPS) is 10.4. The van der Waals surface area contributed by atoms with Gasteiger partial charge in [-0.1, -0.05) is 30.3 Å². The number of para-hydroxylation sites is 2. The Bertz CT molecular complexity index is 887. The molecule has 0 unspecified atom stereocenters. The molecule has 0 aliphatic carbocycles. The van der Waals surface area contributed by atoms with Crippen molar-refractivity contribution in [1.29, 1.82) is 0 Å². The number of pyridine rings is 1. The Morgan fingerprint density at radius 3 is 2.44 bits per heavy atom. The Kier molecular flexibility index (Phi) is 7.36. The summed E-state index contributed by atoms with van der Waals surface area (Å²) in [5, 5.41) is 16.5. The standard InChI is InChI=1S/C17H18N4O2.2ClH/c1-20(2)11-10-18-16-12-6-3-4-8-14(12)19-17-13(16)7-5-9-15(17)21(22)23;;/h3-9H,10-11H2,1-2H3,(H,18,19);2*1H. The van der Waals surface area contributed by atoms with Gasteiger partial charge in [-0.15, -0.1) is 24.8 Å². The molecule has 8 heteroatoms. The molecule has 0 aliphatic heterocycles. The highest BCUT2D eigenvalue weighted by molar-refractivity contribution is 6.09. The average molecular weight is 383 g/mol. The van der Waals surface area contributed by atoms with E-state index in [-0.39, 0.29) is 35.4 Å². The first-order valence-corrected chi connectivity index (χ1v) is 7.42. The van der Waals surface area contributed by atoms with Crippen molar-refractivity contribution in [2.24, 2.45) is 0 Å². The lowest BCUT2D eigenvalue weighted by atomic mass is 10.1. The third-order valence-corrected chi connectivity index (χ3v) is 3.75. The lowest BCUT2D eigenvalue weighted by Crippen LogP contribution is -2.21. The van der Waals surface area contributed by atoms with Gasteiger partial charge in [0.2, 0.25) is 0 Å². The smallest absolute Gasteiger partial charge is 0.295 e. The number of fused-ring (bicyclic) bond motifs is 2. The van der Waals surface area contributed by atoms with E-state index in [4.69, 9.17) is 0 Å². The fraction of sp³-hybridized carbons (Fsp3) is 0.235. The molecule has 2 aromatic carbocycles. The summed E-state index contributed by atoms with van der Waals surface area (Å²) in [5.74, 6) is 0. The Labute approximate surface area is 158 Å². The average Bonchev–Trinajstić information content (AvgIpc) is 2.53. The van der Waals surface area contributed by atoms with E-state index in [1.54, 1.807) is 6.07 Å². The van der Waals surface area contributed by atoms with Crippen LogP contribution >= 0.6 is 24.8 Å². The van der Waals surface area contributed by atoms with E-state index < -0.39 is 0 Å². The number of non-ortho nitro benzene ring substituents is 1. The molecule has 3 rings (SSSR count). The predicted octanol–water partition coefficient (Wildman–Crippen LogP) is 4.11. The molecule has 6 nitrogen and oxygen atoms in total. The molecule has 3 aromatic rings. The third-order valence-electron chi connectivity index (χ3n) is 3.75. The van der Waals surface area contributed by atoms with Crippen LogP contribution in [0.4, 0.5) is 11.4 Å². The van der Waals surface area contributed by atoms with Gasteiger partial charge in [-0.3, -0.25) is 10.1 Å². The highest BCUT2D eigenvalue weighted by atomic mass is 35.5. The van der Waals surface area contributed by atoms with Crippen molar-refractivity contribution < 1.29 is 4.92 Å². The number of nitro groups is 1. The minimum atomic E-state index is -0.381. The molecule has 0 atom stereocenters. The van der Waals surface area contributed by atoms with Gasteiger partial charge in [0.05, 0.1) is 16.1 Å². The summed E-state index contributed by atoms with van der Waals surface area (Å²) in [6, 6.07) is 12.8. The first kappa shape index (κ1) is 20.9. The number of halogens is 2. The van der Waals surface area contributed by atoms with Crippen molar-refractivity contribution in [3.63, 3.8) is 0 Å². The quantitative estimate of drug-likeness (QED) is 0.408. The van der Waals surface area contributed by atoms with Gasteiger partial charge < -0.3 is 10.2 Å². The monoisotopic (exact) mass is 382 g/mol. The summed E-state index contributed by atoms with van der Waals surface area (Å²) < 4.78 is 0. The van der Waals surface area contributed by atoms with Crippen molar-refractivity contribution in [3.8, 4) is 0 Å². The number of hydrogen-bond donors (Lipinski definition) is 1. The van der Waals surface area contributed by atoms with Crippen molar-refractivity contribution in [3.05, 3.63) is 52.6 Å². The van der Waals surface area contributed by atoms with Crippen LogP contribution in [0.3, 0.4) is 0 Å². The molecule has 0 spiro atoms. The van der Waals surface area contributed by atoms with E-state index in [0.29, 0.717) is 5.52 Å². The minimum Gasteiger partial charge on any atom is -0.383 e. The molecule has 0 saturated carbocycles. The summed E-state index contributed by atoms with van der Waals surface area (Å²) in [6.45, 7) is 1.62. The van der Waals surface area contributed by atoms with Gasteiger partial charge in [0.1, 0.15) is 0 Å². The molecule has 1 aromatic heterocycles. The molecule has 0 aliphatic rings. The summed E-state index contributed by atoms with van der Waals surface area (Å²) in [7, 11) is 4.02. The molecule has 0 bridgehead atoms. The molecule has 134 valence electrons. The number of nitro benzene ring substituents is 1. The van der Waals surface area contributed by atoms with E-state index in [1.807, 2.05) is 44.4 Å². The zero-order chi connectivity index (χ0) is 16.4. The zero-order valence-corrected chi connectivity index (χ0v) is 15.6. The number of likely N-dealkylation sites (N-methyl/N-ethyl adjacent to an activating group) is 1. The van der Waals surface area contributed by atoms with Crippen LogP contribution in [-0.4, -0.2) is 42.0 Å². The summed E-state index contributed by atoms with van der Waals surface area (Å²) in [6.07, 6.45) is 0. The third kappa shape index (κ3) is 4.28. The molecular formula is C17H20Cl2N4O2. The fourth-order valence-corrected chi connectivity index (χ4v) is 2.64. The van der Waals surface area contributed by atoms with Crippen LogP contribution in [0.5, 0.6) is 0 Å². The lowest BCUT2D eigenvalue weighted by Gasteiger charge is -2.15. The number of benzene rings is 2. The molecule has 0 amide bonds. The van der Waals surface area contributed by atoms with Gasteiger partial charge >= 0.3 is 0 Å². The van der Waals surface area contributed by atoms with Crippen LogP contribution in [0.1, 0.15) is 0 Å². The summed E-state index contributed by atoms with van der Waals surface area (Å²) in [4.78, 5) is 17.5. The maximum atomic E-state index is 11.3. The molecular weight excluding hydrogens is 363 g/mol. The fourth-order valence-electron chi connectivity index (χ4n) is 2.64. The van der Waals surface area contributed by atoms with E-state index in [0.717, 1.165) is 35.1 Å². The number of aromatic nitrogens is 1. The Morgan fingerprint density at radius 1 is 1.08 bits per heavy atom. The molecule has 0 saturated heterocycles. The Morgan fingerprint density at radius 2 is 1.76 bits per heavy atom. The van der Waals surface area contributed by atoms with E-state index in [9.17, 15) is 10.1 Å². The molecule has 1 N–H and O–H groups in total. The maximum absolute atomic E-state index is 11.3. The lowest BCUT2D eigenvalue weighted by molar-refractivity contribution is -0.383. The van der Waals surface area contributed by atoms with Gasteiger partial charge in [-0.05, 0) is 20.2 Å². The van der Waals surface area contributed by atoms with Crippen LogP contribution in [-0.2, 0) is 0 Å². The van der Waals surface area contributed by atoms with Crippen molar-refractivity contribution in [1.82, 2.24) is 9.88 Å². The van der Waals surface area contributed by atoms with Crippen LogP contribution in [0.25, 0.3) is 21.8 Å². The van der Waals surface area contributed by atoms with Crippen LogP contribution in [0.15, 0.2) is 42.5 Å². The highest BCUT2D eigenvalue weighted by Gasteiger charge is 2.17. The van der Waals surface area contributed by atoms with E-state index >= 15 is 0 Å². The van der Waals surface area contributed by atoms with Gasteiger partial charge in [0, 0.05) is 29.9 Å². The van der Waals surface area contributed by atoms with E-state index in [1.165, 1.54) is 6.07 Å². The number of rotatable bonds is 5. The van der Waals surface area contributed by atoms with Gasteiger partial charge in [0.25, 0.3) is 5.69 Å². The molecule has 1 heterocycles. The zero-order valence-electron chi connectivity index (χ0n) is 13.9. The van der Waals surface area contributed by atoms with Crippen molar-refractivity contribution in [2.45, 2.75) is 0 Å². The van der Waals surface area contributed by atoms with Crippen LogP contribution < -0.4 is 5.32 Å². The molecule has 0 radical (unpaired) electrons. The van der Waals surface area contributed by atoms with Crippen molar-refractivity contribution in [2.75, 3.05) is 32.5 Å². The predicted molar refractivity (Wildman–Crippen MR) is 107 cm³/mol. The Balaban J connectivity index is 0.00000156. The highest BCUT2D eigenvalue weighted by Crippen LogP contribution is 2.34. The second-order valence-corrected chi connectivity index (χ2v) is 5.66. The number of nitrogens with one attached hydrogen (secondary N) is 1. The number of anilines is 1. The van der Waals surface area contributed by atoms with Crippen LogP contribution in [0, 0.1) is 10.1 Å². The molecule has 25 heavy (non-hydrogen) atoms. The second-order valence-electron chi connectivity index (χ2n) is 5.66. The minimum absolute atomic E-state index is 0. The topological polar surface area (TPSA) is 71.3 Å². The maximum Gasteiger partial charge on any atom is 0.295 e. The van der Waals surface area contributed by atoms with Gasteiger partial charge in [-0.2, -0.15) is 0 Å². The Hall–Kier alpha value is -2.15. The number of hydrogen-bond acceptors (Lipinski definition) is 5. The van der Waals surface area contributed by atoms with Crippen LogP contribution in [0.2, 0.25) is 0 Å². The largest absolute Gasteiger partial charge is 0.383 e.